The molecule has 0 saturated carbocycles. The standard InChI is InChI=1S/C13H16O/c1-2-3-9-13(14)11-10-12-7-5-4-6-8-12/h3-8,13-14H,1,9-11H2/t13-/m1/s1. The Bertz CT molecular complexity index is 296. The molecule has 1 aromatic carbocycles. The van der Waals surface area contributed by atoms with Gasteiger partial charge in [0, 0.05) is 0 Å². The van der Waals surface area contributed by atoms with Gasteiger partial charge < -0.3 is 5.11 Å². The monoisotopic (exact) mass is 188 g/mol. The van der Waals surface area contributed by atoms with Crippen LogP contribution in [0.2, 0.25) is 0 Å². The third-order valence-electron chi connectivity index (χ3n) is 2.14. The second kappa shape index (κ2) is 6.20. The molecule has 0 saturated heterocycles. The summed E-state index contributed by atoms with van der Waals surface area (Å²) in [6.45, 7) is 3.46. The Morgan fingerprint density at radius 1 is 1.36 bits per heavy atom. The lowest BCUT2D eigenvalue weighted by atomic mass is 10.1. The molecule has 0 radical (unpaired) electrons. The van der Waals surface area contributed by atoms with Gasteiger partial charge in [0.05, 0.1) is 6.10 Å². The van der Waals surface area contributed by atoms with Crippen molar-refractivity contribution in [2.24, 2.45) is 0 Å². The molecular weight excluding hydrogens is 172 g/mol. The van der Waals surface area contributed by atoms with E-state index in [9.17, 15) is 5.11 Å². The van der Waals surface area contributed by atoms with Crippen molar-refractivity contribution in [1.29, 1.82) is 0 Å². The van der Waals surface area contributed by atoms with Gasteiger partial charge in [-0.25, -0.2) is 0 Å². The Kier molecular flexibility index (Phi) is 4.77. The van der Waals surface area contributed by atoms with Crippen molar-refractivity contribution in [3.8, 4) is 0 Å². The van der Waals surface area contributed by atoms with Crippen LogP contribution in [0.25, 0.3) is 0 Å². The molecular formula is C13H16O. The highest BCUT2D eigenvalue weighted by Crippen LogP contribution is 2.07. The summed E-state index contributed by atoms with van der Waals surface area (Å²) in [5.74, 6) is 0. The van der Waals surface area contributed by atoms with Gasteiger partial charge in [0.15, 0.2) is 0 Å². The maximum atomic E-state index is 9.54. The largest absolute Gasteiger partial charge is 0.393 e. The quantitative estimate of drug-likeness (QED) is 0.704. The van der Waals surface area contributed by atoms with Crippen molar-refractivity contribution in [1.82, 2.24) is 0 Å². The maximum Gasteiger partial charge on any atom is 0.0583 e. The molecule has 1 rings (SSSR count). The molecule has 1 nitrogen and oxygen atoms in total. The van der Waals surface area contributed by atoms with Gasteiger partial charge in [-0.1, -0.05) is 36.9 Å². The van der Waals surface area contributed by atoms with Gasteiger partial charge in [-0.3, -0.25) is 0 Å². The maximum absolute atomic E-state index is 9.54. The van der Waals surface area contributed by atoms with Crippen LogP contribution < -0.4 is 0 Å². The molecule has 0 aliphatic rings. The number of hydrogen-bond acceptors (Lipinski definition) is 1. The minimum Gasteiger partial charge on any atom is -0.393 e. The van der Waals surface area contributed by atoms with E-state index in [1.165, 1.54) is 5.56 Å². The predicted molar refractivity (Wildman–Crippen MR) is 59.1 cm³/mol. The van der Waals surface area contributed by atoms with Crippen molar-refractivity contribution in [3.05, 3.63) is 54.3 Å². The van der Waals surface area contributed by atoms with E-state index in [1.807, 2.05) is 18.2 Å². The van der Waals surface area contributed by atoms with E-state index in [0.717, 1.165) is 12.8 Å². The van der Waals surface area contributed by atoms with E-state index < -0.39 is 0 Å². The third kappa shape index (κ3) is 4.08. The van der Waals surface area contributed by atoms with Gasteiger partial charge >= 0.3 is 0 Å². The van der Waals surface area contributed by atoms with Crippen LogP contribution in [0.5, 0.6) is 0 Å². The Morgan fingerprint density at radius 2 is 2.07 bits per heavy atom. The van der Waals surface area contributed by atoms with Gasteiger partial charge in [-0.2, -0.15) is 0 Å². The minimum atomic E-state index is -0.274. The molecule has 0 spiro atoms. The molecule has 1 heteroatoms. The summed E-state index contributed by atoms with van der Waals surface area (Å²) in [5.41, 5.74) is 3.93. The molecule has 14 heavy (non-hydrogen) atoms. The van der Waals surface area contributed by atoms with Crippen LogP contribution in [0.4, 0.5) is 0 Å². The number of aryl methyl sites for hydroxylation is 1. The number of aliphatic hydroxyl groups excluding tert-OH is 1. The van der Waals surface area contributed by atoms with Crippen molar-refractivity contribution >= 4 is 0 Å². The zero-order valence-electron chi connectivity index (χ0n) is 8.32. The molecule has 1 aromatic rings. The SMILES string of the molecule is C=C=CC[C@@H](O)CCc1ccccc1. The van der Waals surface area contributed by atoms with Crippen LogP contribution in [0.3, 0.4) is 0 Å². The molecule has 0 amide bonds. The molecule has 0 aliphatic heterocycles. The average molecular weight is 188 g/mol. The van der Waals surface area contributed by atoms with Crippen LogP contribution in [-0.4, -0.2) is 11.2 Å². The van der Waals surface area contributed by atoms with Gasteiger partial charge in [0.25, 0.3) is 0 Å². The number of rotatable bonds is 5. The first kappa shape index (κ1) is 10.8. The van der Waals surface area contributed by atoms with Gasteiger partial charge in [-0.15, -0.1) is 5.73 Å². The Labute approximate surface area is 85.4 Å². The second-order valence-corrected chi connectivity index (χ2v) is 3.32. The first-order valence-electron chi connectivity index (χ1n) is 4.89. The lowest BCUT2D eigenvalue weighted by Gasteiger charge is -2.06. The van der Waals surface area contributed by atoms with E-state index in [2.05, 4.69) is 24.4 Å². The van der Waals surface area contributed by atoms with Crippen molar-refractivity contribution < 1.29 is 5.11 Å². The lowest BCUT2D eigenvalue weighted by molar-refractivity contribution is 0.168. The highest BCUT2D eigenvalue weighted by atomic mass is 16.3. The molecule has 1 N–H and O–H groups in total. The molecule has 0 bridgehead atoms. The molecule has 74 valence electrons. The van der Waals surface area contributed by atoms with Gasteiger partial charge in [-0.05, 0) is 30.9 Å². The Balaban J connectivity index is 2.30. The van der Waals surface area contributed by atoms with Gasteiger partial charge in [0.1, 0.15) is 0 Å². The summed E-state index contributed by atoms with van der Waals surface area (Å²) in [5, 5.41) is 9.54. The highest BCUT2D eigenvalue weighted by Gasteiger charge is 2.01. The van der Waals surface area contributed by atoms with Crippen LogP contribution >= 0.6 is 0 Å². The smallest absolute Gasteiger partial charge is 0.0583 e. The Morgan fingerprint density at radius 3 is 2.71 bits per heavy atom. The predicted octanol–water partition coefficient (Wildman–Crippen LogP) is 2.71. The minimum absolute atomic E-state index is 0.274. The molecule has 0 heterocycles. The first-order chi connectivity index (χ1) is 6.83. The van der Waals surface area contributed by atoms with E-state index in [-0.39, 0.29) is 6.10 Å². The normalized spacial score (nSPS) is 11.8. The third-order valence-corrected chi connectivity index (χ3v) is 2.14. The zero-order valence-corrected chi connectivity index (χ0v) is 8.32. The first-order valence-corrected chi connectivity index (χ1v) is 4.89. The average Bonchev–Trinajstić information content (AvgIpc) is 2.25. The fourth-order valence-electron chi connectivity index (χ4n) is 1.32. The molecule has 0 unspecified atom stereocenters. The molecule has 0 aliphatic carbocycles. The summed E-state index contributed by atoms with van der Waals surface area (Å²) in [6, 6.07) is 10.2. The number of hydrogen-bond donors (Lipinski definition) is 1. The van der Waals surface area contributed by atoms with Crippen molar-refractivity contribution in [2.75, 3.05) is 0 Å². The lowest BCUT2D eigenvalue weighted by Crippen LogP contribution is -2.06. The van der Waals surface area contributed by atoms with Crippen LogP contribution in [0.15, 0.2) is 48.7 Å². The Hall–Kier alpha value is -1.30. The molecule has 0 aromatic heterocycles. The van der Waals surface area contributed by atoms with E-state index >= 15 is 0 Å². The van der Waals surface area contributed by atoms with Crippen molar-refractivity contribution in [3.63, 3.8) is 0 Å². The summed E-state index contributed by atoms with van der Waals surface area (Å²) in [7, 11) is 0. The van der Waals surface area contributed by atoms with Crippen LogP contribution in [-0.2, 0) is 6.42 Å². The number of aliphatic hydroxyl groups is 1. The van der Waals surface area contributed by atoms with Crippen molar-refractivity contribution in [2.45, 2.75) is 25.4 Å². The topological polar surface area (TPSA) is 20.2 Å². The molecule has 1 atom stereocenters. The van der Waals surface area contributed by atoms with Crippen LogP contribution in [0.1, 0.15) is 18.4 Å². The van der Waals surface area contributed by atoms with E-state index in [1.54, 1.807) is 6.08 Å². The fourth-order valence-corrected chi connectivity index (χ4v) is 1.32. The second-order valence-electron chi connectivity index (χ2n) is 3.32. The van der Waals surface area contributed by atoms with E-state index in [0.29, 0.717) is 6.42 Å². The summed E-state index contributed by atoms with van der Waals surface area (Å²) in [6.07, 6.45) is 3.87. The summed E-state index contributed by atoms with van der Waals surface area (Å²) >= 11 is 0. The van der Waals surface area contributed by atoms with E-state index in [4.69, 9.17) is 0 Å². The summed E-state index contributed by atoms with van der Waals surface area (Å²) in [4.78, 5) is 0. The zero-order chi connectivity index (χ0) is 10.2. The summed E-state index contributed by atoms with van der Waals surface area (Å²) < 4.78 is 0. The van der Waals surface area contributed by atoms with Crippen LogP contribution in [0, 0.1) is 0 Å². The number of benzene rings is 1. The highest BCUT2D eigenvalue weighted by molar-refractivity contribution is 5.14. The fraction of sp³-hybridized carbons (Fsp3) is 0.308. The van der Waals surface area contributed by atoms with Gasteiger partial charge in [0.2, 0.25) is 0 Å². The molecule has 0 fully saturated rings.